The standard InChI is InChI=1S/C30H41NO8S/c1-5-40-24(32)17-30(35,11-6-9-28(2,3)34)27(33)39-26-23(36-4)16-29-10-7-12-31(29)13-8-19-14-21-22(38-18-37-21)15-20(19)25(26)29/h14-16,25-26,34-35H,5-13,17-18H2,1-4H3/t25-,26?,29?,30-/m1/s1. The van der Waals surface area contributed by atoms with Crippen molar-refractivity contribution in [2.45, 2.75) is 94.5 Å². The van der Waals surface area contributed by atoms with E-state index in [-0.39, 0.29) is 30.7 Å². The van der Waals surface area contributed by atoms with Gasteiger partial charge in [0, 0.05) is 6.54 Å². The van der Waals surface area contributed by atoms with Crippen LogP contribution in [0.2, 0.25) is 0 Å². The molecule has 10 heteroatoms. The second kappa shape index (κ2) is 11.2. The minimum Gasteiger partial charge on any atom is -0.497 e. The minimum atomic E-state index is -2.02. The Bertz CT molecular complexity index is 1180. The van der Waals surface area contributed by atoms with Crippen LogP contribution in [0, 0.1) is 0 Å². The zero-order valence-electron chi connectivity index (χ0n) is 23.9. The molecule has 40 heavy (non-hydrogen) atoms. The summed E-state index contributed by atoms with van der Waals surface area (Å²) in [4.78, 5) is 29.0. The van der Waals surface area contributed by atoms with E-state index in [0.29, 0.717) is 30.1 Å². The molecule has 1 aliphatic carbocycles. The highest BCUT2D eigenvalue weighted by atomic mass is 32.2. The first-order chi connectivity index (χ1) is 19.0. The summed E-state index contributed by atoms with van der Waals surface area (Å²) in [5.74, 6) is 1.36. The third-order valence-corrected chi connectivity index (χ3v) is 9.45. The number of ether oxygens (including phenoxy) is 4. The first-order valence-corrected chi connectivity index (χ1v) is 15.2. The number of aliphatic hydroxyl groups is 2. The lowest BCUT2D eigenvalue weighted by molar-refractivity contribution is -0.175. The predicted molar refractivity (Wildman–Crippen MR) is 150 cm³/mol. The third kappa shape index (κ3) is 5.47. The Kier molecular flexibility index (Phi) is 8.18. The molecule has 0 bridgehead atoms. The quantitative estimate of drug-likeness (QED) is 0.401. The number of hydrogen-bond acceptors (Lipinski definition) is 10. The lowest BCUT2D eigenvalue weighted by Crippen LogP contribution is -2.49. The summed E-state index contributed by atoms with van der Waals surface area (Å²) < 4.78 is 23.5. The van der Waals surface area contributed by atoms with Crippen LogP contribution >= 0.6 is 11.8 Å². The van der Waals surface area contributed by atoms with E-state index in [1.807, 2.05) is 19.1 Å². The average Bonchev–Trinajstić information content (AvgIpc) is 3.57. The Morgan fingerprint density at radius 1 is 1.18 bits per heavy atom. The normalized spacial score (nSPS) is 26.7. The van der Waals surface area contributed by atoms with Crippen LogP contribution in [0.5, 0.6) is 11.5 Å². The van der Waals surface area contributed by atoms with Crippen molar-refractivity contribution in [3.05, 3.63) is 35.1 Å². The zero-order valence-corrected chi connectivity index (χ0v) is 24.7. The van der Waals surface area contributed by atoms with E-state index in [1.165, 1.54) is 0 Å². The Labute approximate surface area is 240 Å². The molecule has 4 aliphatic rings. The van der Waals surface area contributed by atoms with Crippen LogP contribution in [0.3, 0.4) is 0 Å². The molecule has 1 aromatic rings. The van der Waals surface area contributed by atoms with Gasteiger partial charge in [0.1, 0.15) is 5.76 Å². The van der Waals surface area contributed by atoms with E-state index in [1.54, 1.807) is 21.0 Å². The average molecular weight is 576 g/mol. The maximum Gasteiger partial charge on any atom is 0.339 e. The number of benzene rings is 1. The zero-order chi connectivity index (χ0) is 28.7. The van der Waals surface area contributed by atoms with Crippen molar-refractivity contribution in [3.8, 4) is 11.5 Å². The maximum absolute atomic E-state index is 13.9. The van der Waals surface area contributed by atoms with Gasteiger partial charge < -0.3 is 29.2 Å². The van der Waals surface area contributed by atoms with Gasteiger partial charge in [0.25, 0.3) is 0 Å². The van der Waals surface area contributed by atoms with E-state index >= 15 is 0 Å². The number of esters is 1. The monoisotopic (exact) mass is 575 g/mol. The Morgan fingerprint density at radius 2 is 1.93 bits per heavy atom. The van der Waals surface area contributed by atoms with Crippen LogP contribution in [0.15, 0.2) is 24.0 Å². The van der Waals surface area contributed by atoms with Gasteiger partial charge in [0.15, 0.2) is 28.3 Å². The maximum atomic E-state index is 13.9. The van der Waals surface area contributed by atoms with Gasteiger partial charge in [-0.05, 0) is 94.0 Å². The number of methoxy groups -OCH3 is 1. The topological polar surface area (TPSA) is 115 Å². The molecule has 3 heterocycles. The number of rotatable bonds is 10. The van der Waals surface area contributed by atoms with Crippen LogP contribution in [0.1, 0.15) is 76.3 Å². The molecule has 0 saturated carbocycles. The van der Waals surface area contributed by atoms with E-state index in [2.05, 4.69) is 11.0 Å². The van der Waals surface area contributed by atoms with Crippen molar-refractivity contribution in [3.63, 3.8) is 0 Å². The number of carbonyl (C=O) groups is 2. The van der Waals surface area contributed by atoms with E-state index in [4.69, 9.17) is 18.9 Å². The van der Waals surface area contributed by atoms with Crippen molar-refractivity contribution in [2.24, 2.45) is 0 Å². The molecule has 1 spiro atoms. The molecule has 1 aromatic carbocycles. The summed E-state index contributed by atoms with van der Waals surface area (Å²) in [6, 6.07) is 4.04. The number of fused-ring (bicyclic) bond motifs is 3. The van der Waals surface area contributed by atoms with Crippen molar-refractivity contribution in [1.29, 1.82) is 0 Å². The van der Waals surface area contributed by atoms with Crippen molar-refractivity contribution < 1.29 is 38.7 Å². The van der Waals surface area contributed by atoms with Gasteiger partial charge in [-0.25, -0.2) is 4.79 Å². The fourth-order valence-electron chi connectivity index (χ4n) is 6.85. The largest absolute Gasteiger partial charge is 0.497 e. The first kappa shape index (κ1) is 29.2. The predicted octanol–water partition coefficient (Wildman–Crippen LogP) is 3.69. The van der Waals surface area contributed by atoms with Gasteiger partial charge in [-0.2, -0.15) is 0 Å². The number of hydrogen-bond donors (Lipinski definition) is 2. The molecule has 0 radical (unpaired) electrons. The van der Waals surface area contributed by atoms with Gasteiger partial charge in [-0.15, -0.1) is 0 Å². The van der Waals surface area contributed by atoms with Gasteiger partial charge in [-0.3, -0.25) is 9.69 Å². The number of carbonyl (C=O) groups excluding carboxylic acids is 2. The molecule has 0 amide bonds. The molecule has 4 atom stereocenters. The van der Waals surface area contributed by atoms with Crippen molar-refractivity contribution in [1.82, 2.24) is 4.90 Å². The highest BCUT2D eigenvalue weighted by molar-refractivity contribution is 8.13. The summed E-state index contributed by atoms with van der Waals surface area (Å²) in [6.07, 6.45) is 4.40. The van der Waals surface area contributed by atoms with E-state index in [9.17, 15) is 19.8 Å². The molecule has 220 valence electrons. The summed E-state index contributed by atoms with van der Waals surface area (Å²) in [7, 11) is 1.57. The van der Waals surface area contributed by atoms with Crippen LogP contribution < -0.4 is 9.47 Å². The van der Waals surface area contributed by atoms with Gasteiger partial charge in [-0.1, -0.05) is 18.7 Å². The molecule has 0 aromatic heterocycles. The first-order valence-electron chi connectivity index (χ1n) is 14.3. The van der Waals surface area contributed by atoms with Crippen molar-refractivity contribution >= 4 is 22.8 Å². The summed E-state index contributed by atoms with van der Waals surface area (Å²) in [5, 5.41) is 21.6. The molecule has 3 aliphatic heterocycles. The molecule has 9 nitrogen and oxygen atoms in total. The molecule has 5 rings (SSSR count). The molecule has 2 N–H and O–H groups in total. The SMILES string of the molecule is CCSC(=O)C[C@](O)(CCCC(C)(C)O)C(=O)OC1C(OC)=CC23CCCN2CCc2cc4c(cc2[C@H]13)OCO4. The lowest BCUT2D eigenvalue weighted by atomic mass is 9.77. The van der Waals surface area contributed by atoms with Crippen LogP contribution in [0.4, 0.5) is 0 Å². The third-order valence-electron chi connectivity index (χ3n) is 8.70. The van der Waals surface area contributed by atoms with Gasteiger partial charge in [0.05, 0.1) is 30.6 Å². The number of thioether (sulfide) groups is 1. The fraction of sp³-hybridized carbons (Fsp3) is 0.667. The molecular formula is C30H41NO8S. The minimum absolute atomic E-state index is 0.00178. The summed E-state index contributed by atoms with van der Waals surface area (Å²) >= 11 is 1.07. The van der Waals surface area contributed by atoms with Crippen LogP contribution in [-0.2, 0) is 25.5 Å². The van der Waals surface area contributed by atoms with Crippen LogP contribution in [-0.4, -0.2) is 81.8 Å². The highest BCUT2D eigenvalue weighted by Gasteiger charge is 2.59. The lowest BCUT2D eigenvalue weighted by Gasteiger charge is -2.39. The van der Waals surface area contributed by atoms with Crippen molar-refractivity contribution in [2.75, 3.05) is 32.7 Å². The molecule has 1 fully saturated rings. The molecule has 1 saturated heterocycles. The second-order valence-electron chi connectivity index (χ2n) is 12.0. The molecular weight excluding hydrogens is 534 g/mol. The summed E-state index contributed by atoms with van der Waals surface area (Å²) in [5.41, 5.74) is -1.24. The summed E-state index contributed by atoms with van der Waals surface area (Å²) in [6.45, 7) is 7.15. The highest BCUT2D eigenvalue weighted by Crippen LogP contribution is 2.55. The van der Waals surface area contributed by atoms with Gasteiger partial charge in [0.2, 0.25) is 6.79 Å². The Hall–Kier alpha value is -2.27. The van der Waals surface area contributed by atoms with E-state index in [0.717, 1.165) is 61.0 Å². The Balaban J connectivity index is 1.49. The second-order valence-corrected chi connectivity index (χ2v) is 13.3. The Morgan fingerprint density at radius 3 is 2.62 bits per heavy atom. The molecule has 2 unspecified atom stereocenters. The smallest absolute Gasteiger partial charge is 0.339 e. The van der Waals surface area contributed by atoms with Crippen LogP contribution in [0.25, 0.3) is 0 Å². The van der Waals surface area contributed by atoms with Gasteiger partial charge >= 0.3 is 5.97 Å². The number of nitrogens with zero attached hydrogens (tertiary/aromatic N) is 1. The van der Waals surface area contributed by atoms with E-state index < -0.39 is 28.8 Å². The fourth-order valence-corrected chi connectivity index (χ4v) is 7.51.